The van der Waals surface area contributed by atoms with Crippen LogP contribution >= 0.6 is 11.8 Å². The molecule has 0 bridgehead atoms. The van der Waals surface area contributed by atoms with Crippen LogP contribution in [0.2, 0.25) is 0 Å². The Kier molecular flexibility index (Phi) is 2.76. The number of aliphatic hydroxyl groups is 1. The molecule has 14 heavy (non-hydrogen) atoms. The highest BCUT2D eigenvalue weighted by atomic mass is 32.2. The van der Waals surface area contributed by atoms with Crippen molar-refractivity contribution in [2.45, 2.75) is 17.0 Å². The van der Waals surface area contributed by atoms with E-state index < -0.39 is 5.60 Å². The molecule has 1 fully saturated rings. The van der Waals surface area contributed by atoms with E-state index in [4.69, 9.17) is 0 Å². The molecule has 0 aliphatic carbocycles. The summed E-state index contributed by atoms with van der Waals surface area (Å²) in [5.41, 5.74) is 0.240. The zero-order valence-corrected chi connectivity index (χ0v) is 8.97. The van der Waals surface area contributed by atoms with Gasteiger partial charge in [-0.25, -0.2) is 4.98 Å². The molecule has 1 unspecified atom stereocenters. The summed E-state index contributed by atoms with van der Waals surface area (Å²) in [5, 5.41) is 14.5. The lowest BCUT2D eigenvalue weighted by atomic mass is 9.95. The van der Waals surface area contributed by atoms with Gasteiger partial charge < -0.3 is 10.4 Å². The minimum absolute atomic E-state index is 0.631. The molecule has 1 saturated heterocycles. The second-order valence-corrected chi connectivity index (χ2v) is 4.31. The maximum absolute atomic E-state index is 10.4. The lowest BCUT2D eigenvalue weighted by Gasteiger charge is -2.23. The highest BCUT2D eigenvalue weighted by molar-refractivity contribution is 7.98. The monoisotopic (exact) mass is 210 g/mol. The minimum atomic E-state index is -0.716. The first kappa shape index (κ1) is 9.96. The Morgan fingerprint density at radius 1 is 1.64 bits per heavy atom. The van der Waals surface area contributed by atoms with Crippen molar-refractivity contribution >= 4 is 11.8 Å². The number of hydrogen-bond acceptors (Lipinski definition) is 4. The normalized spacial score (nSPS) is 26.7. The van der Waals surface area contributed by atoms with E-state index in [1.807, 2.05) is 18.4 Å². The van der Waals surface area contributed by atoms with Gasteiger partial charge in [0.2, 0.25) is 0 Å². The maximum atomic E-state index is 10.4. The van der Waals surface area contributed by atoms with Crippen LogP contribution in [0.25, 0.3) is 0 Å². The second-order valence-electron chi connectivity index (χ2n) is 3.52. The lowest BCUT2D eigenvalue weighted by Crippen LogP contribution is -2.29. The third kappa shape index (κ3) is 1.65. The number of aromatic nitrogens is 1. The van der Waals surface area contributed by atoms with Gasteiger partial charge in [0.05, 0.1) is 0 Å². The summed E-state index contributed by atoms with van der Waals surface area (Å²) in [5.74, 6) is 0. The van der Waals surface area contributed by atoms with Crippen molar-refractivity contribution in [3.05, 3.63) is 23.9 Å². The standard InChI is InChI=1S/C10H14N2OS/c1-14-9-8(3-2-5-12-9)10(13)4-6-11-7-10/h2-3,5,11,13H,4,6-7H2,1H3. The van der Waals surface area contributed by atoms with Gasteiger partial charge in [-0.15, -0.1) is 11.8 Å². The summed E-state index contributed by atoms with van der Waals surface area (Å²) in [6.45, 7) is 1.51. The molecular formula is C10H14N2OS. The Morgan fingerprint density at radius 3 is 3.14 bits per heavy atom. The SMILES string of the molecule is CSc1ncccc1C1(O)CCNC1. The Balaban J connectivity index is 2.39. The fraction of sp³-hybridized carbons (Fsp3) is 0.500. The summed E-state index contributed by atoms with van der Waals surface area (Å²) in [6.07, 6.45) is 4.52. The van der Waals surface area contributed by atoms with Crippen molar-refractivity contribution in [3.8, 4) is 0 Å². The highest BCUT2D eigenvalue weighted by Crippen LogP contribution is 2.32. The van der Waals surface area contributed by atoms with Crippen LogP contribution < -0.4 is 5.32 Å². The van der Waals surface area contributed by atoms with Crippen LogP contribution in [0.1, 0.15) is 12.0 Å². The average molecular weight is 210 g/mol. The number of hydrogen-bond donors (Lipinski definition) is 2. The number of thioether (sulfide) groups is 1. The fourth-order valence-corrected chi connectivity index (χ4v) is 2.46. The number of nitrogens with one attached hydrogen (secondary N) is 1. The van der Waals surface area contributed by atoms with E-state index >= 15 is 0 Å². The molecule has 76 valence electrons. The van der Waals surface area contributed by atoms with Crippen molar-refractivity contribution < 1.29 is 5.11 Å². The molecule has 1 aromatic rings. The van der Waals surface area contributed by atoms with E-state index in [1.165, 1.54) is 0 Å². The molecule has 0 amide bonds. The molecule has 0 spiro atoms. The number of nitrogens with zero attached hydrogens (tertiary/aromatic N) is 1. The molecule has 2 rings (SSSR count). The van der Waals surface area contributed by atoms with Crippen molar-refractivity contribution in [2.24, 2.45) is 0 Å². The smallest absolute Gasteiger partial charge is 0.106 e. The van der Waals surface area contributed by atoms with E-state index in [-0.39, 0.29) is 0 Å². The van der Waals surface area contributed by atoms with Gasteiger partial charge in [-0.1, -0.05) is 6.07 Å². The molecular weight excluding hydrogens is 196 g/mol. The molecule has 2 heterocycles. The molecule has 2 N–H and O–H groups in total. The first-order valence-electron chi connectivity index (χ1n) is 4.69. The zero-order valence-electron chi connectivity index (χ0n) is 8.16. The second kappa shape index (κ2) is 3.88. The summed E-state index contributed by atoms with van der Waals surface area (Å²) in [4.78, 5) is 4.26. The predicted octanol–water partition coefficient (Wildman–Crippen LogP) is 0.984. The largest absolute Gasteiger partial charge is 0.384 e. The molecule has 1 aromatic heterocycles. The number of β-amino-alcohol motifs (C(OH)–C–C–N with tert-alkyl or cyclic N) is 1. The van der Waals surface area contributed by atoms with E-state index in [1.54, 1.807) is 18.0 Å². The van der Waals surface area contributed by atoms with Crippen LogP contribution in [-0.2, 0) is 5.60 Å². The van der Waals surface area contributed by atoms with Gasteiger partial charge in [-0.05, 0) is 25.3 Å². The summed E-state index contributed by atoms with van der Waals surface area (Å²) in [7, 11) is 0. The predicted molar refractivity (Wildman–Crippen MR) is 57.4 cm³/mol. The molecule has 0 radical (unpaired) electrons. The van der Waals surface area contributed by atoms with Crippen LogP contribution in [0.4, 0.5) is 0 Å². The Hall–Kier alpha value is -0.580. The third-order valence-corrected chi connectivity index (χ3v) is 3.31. The van der Waals surface area contributed by atoms with Gasteiger partial charge in [0.1, 0.15) is 10.6 Å². The van der Waals surface area contributed by atoms with Crippen LogP contribution in [-0.4, -0.2) is 29.4 Å². The van der Waals surface area contributed by atoms with Crippen LogP contribution in [0.5, 0.6) is 0 Å². The van der Waals surface area contributed by atoms with Gasteiger partial charge in [0.15, 0.2) is 0 Å². The van der Waals surface area contributed by atoms with Crippen molar-refractivity contribution in [3.63, 3.8) is 0 Å². The Morgan fingerprint density at radius 2 is 2.50 bits per heavy atom. The first-order chi connectivity index (χ1) is 6.76. The molecule has 1 aliphatic heterocycles. The molecule has 1 atom stereocenters. The summed E-state index contributed by atoms with van der Waals surface area (Å²) < 4.78 is 0. The quantitative estimate of drug-likeness (QED) is 0.714. The van der Waals surface area contributed by atoms with Gasteiger partial charge in [0.25, 0.3) is 0 Å². The molecule has 0 aromatic carbocycles. The number of pyridine rings is 1. The van der Waals surface area contributed by atoms with Crippen LogP contribution in [0, 0.1) is 0 Å². The topological polar surface area (TPSA) is 45.2 Å². The maximum Gasteiger partial charge on any atom is 0.106 e. The van der Waals surface area contributed by atoms with Gasteiger partial charge in [0, 0.05) is 18.3 Å². The lowest BCUT2D eigenvalue weighted by molar-refractivity contribution is 0.0553. The summed E-state index contributed by atoms with van der Waals surface area (Å²) >= 11 is 1.58. The van der Waals surface area contributed by atoms with Gasteiger partial charge in [-0.2, -0.15) is 0 Å². The van der Waals surface area contributed by atoms with Crippen LogP contribution in [0.15, 0.2) is 23.4 Å². The van der Waals surface area contributed by atoms with E-state index in [0.29, 0.717) is 6.54 Å². The number of rotatable bonds is 2. The Labute approximate surface area is 87.9 Å². The molecule has 3 nitrogen and oxygen atoms in total. The zero-order chi connectivity index (χ0) is 10.0. The van der Waals surface area contributed by atoms with Crippen molar-refractivity contribution in [1.82, 2.24) is 10.3 Å². The van der Waals surface area contributed by atoms with Gasteiger partial charge >= 0.3 is 0 Å². The van der Waals surface area contributed by atoms with E-state index in [2.05, 4.69) is 10.3 Å². The molecule has 1 aliphatic rings. The fourth-order valence-electron chi connectivity index (χ4n) is 1.82. The highest BCUT2D eigenvalue weighted by Gasteiger charge is 2.35. The molecule has 4 heteroatoms. The van der Waals surface area contributed by atoms with Crippen molar-refractivity contribution in [1.29, 1.82) is 0 Å². The van der Waals surface area contributed by atoms with E-state index in [0.717, 1.165) is 23.6 Å². The molecule has 0 saturated carbocycles. The van der Waals surface area contributed by atoms with Gasteiger partial charge in [-0.3, -0.25) is 0 Å². The third-order valence-electron chi connectivity index (χ3n) is 2.60. The van der Waals surface area contributed by atoms with Crippen LogP contribution in [0.3, 0.4) is 0 Å². The van der Waals surface area contributed by atoms with Crippen molar-refractivity contribution in [2.75, 3.05) is 19.3 Å². The first-order valence-corrected chi connectivity index (χ1v) is 5.91. The van der Waals surface area contributed by atoms with E-state index in [9.17, 15) is 5.11 Å². The Bertz CT molecular complexity index is 324. The average Bonchev–Trinajstić information content (AvgIpc) is 2.66. The minimum Gasteiger partial charge on any atom is -0.384 e. The summed E-state index contributed by atoms with van der Waals surface area (Å²) in [6, 6.07) is 3.84.